The number of hydrogen-bond donors (Lipinski definition) is 0. The number of hydrogen-bond acceptors (Lipinski definition) is 2. The van der Waals surface area contributed by atoms with Gasteiger partial charge >= 0.3 is 0 Å². The van der Waals surface area contributed by atoms with Gasteiger partial charge in [0.05, 0.1) is 19.6 Å². The molecule has 4 heteroatoms. The Kier molecular flexibility index (Phi) is 4.92. The first-order valence-corrected chi connectivity index (χ1v) is 7.16. The highest BCUT2D eigenvalue weighted by atomic mass is 35.5. The van der Waals surface area contributed by atoms with Crippen molar-refractivity contribution in [3.63, 3.8) is 0 Å². The van der Waals surface area contributed by atoms with Crippen LogP contribution in [0.5, 0.6) is 11.5 Å². The molecule has 1 aromatic rings. The molecule has 0 amide bonds. The predicted octanol–water partition coefficient (Wildman–Crippen LogP) is 4.70. The summed E-state index contributed by atoms with van der Waals surface area (Å²) >= 11 is 6.48. The smallest absolute Gasteiger partial charge is 0.163 e. The molecule has 0 aliphatic heterocycles. The molecule has 1 aromatic carbocycles. The summed E-state index contributed by atoms with van der Waals surface area (Å²) in [4.78, 5) is 0. The summed E-state index contributed by atoms with van der Waals surface area (Å²) in [5.41, 5.74) is 0.520. The lowest BCUT2D eigenvalue weighted by molar-refractivity contribution is 0.336. The van der Waals surface area contributed by atoms with E-state index in [-0.39, 0.29) is 11.2 Å². The third kappa shape index (κ3) is 3.14. The van der Waals surface area contributed by atoms with E-state index in [1.54, 1.807) is 13.2 Å². The number of methoxy groups -OCH3 is 2. The van der Waals surface area contributed by atoms with Crippen molar-refractivity contribution in [1.29, 1.82) is 0 Å². The summed E-state index contributed by atoms with van der Waals surface area (Å²) in [5.74, 6) is 0.961. The second-order valence-electron chi connectivity index (χ2n) is 5.03. The average molecular weight is 287 g/mol. The fraction of sp³-hybridized carbons (Fsp3) is 0.600. The van der Waals surface area contributed by atoms with Crippen molar-refractivity contribution in [2.45, 2.75) is 37.5 Å². The van der Waals surface area contributed by atoms with Crippen LogP contribution in [0.2, 0.25) is 0 Å². The van der Waals surface area contributed by atoms with Crippen LogP contribution in [0.3, 0.4) is 0 Å². The third-order valence-corrected chi connectivity index (χ3v) is 4.46. The molecule has 1 unspecified atom stereocenters. The Balaban J connectivity index is 2.27. The van der Waals surface area contributed by atoms with Gasteiger partial charge in [0.15, 0.2) is 11.5 Å². The Morgan fingerprint density at radius 2 is 1.68 bits per heavy atom. The zero-order valence-electron chi connectivity index (χ0n) is 11.4. The normalized spacial score (nSPS) is 18.1. The first-order valence-electron chi connectivity index (χ1n) is 6.73. The van der Waals surface area contributed by atoms with Crippen LogP contribution in [0.25, 0.3) is 0 Å². The number of alkyl halides is 1. The van der Waals surface area contributed by atoms with E-state index < -0.39 is 0 Å². The van der Waals surface area contributed by atoms with Crippen LogP contribution in [0, 0.1) is 11.7 Å². The summed E-state index contributed by atoms with van der Waals surface area (Å²) in [7, 11) is 3.04. The highest BCUT2D eigenvalue weighted by Crippen LogP contribution is 2.42. The molecule has 0 spiro atoms. The lowest BCUT2D eigenvalue weighted by atomic mass is 9.84. The molecule has 2 nitrogen and oxygen atoms in total. The maximum Gasteiger partial charge on any atom is 0.163 e. The van der Waals surface area contributed by atoms with E-state index in [4.69, 9.17) is 21.1 Å². The number of halogens is 2. The molecule has 0 N–H and O–H groups in total. The summed E-state index contributed by atoms with van der Waals surface area (Å²) in [5, 5.41) is -0.292. The van der Waals surface area contributed by atoms with Crippen LogP contribution in [0.1, 0.15) is 43.0 Å². The van der Waals surface area contributed by atoms with E-state index >= 15 is 0 Å². The van der Waals surface area contributed by atoms with Crippen molar-refractivity contribution in [3.8, 4) is 11.5 Å². The number of ether oxygens (including phenoxy) is 2. The molecule has 0 saturated heterocycles. The van der Waals surface area contributed by atoms with Crippen molar-refractivity contribution < 1.29 is 13.9 Å². The number of benzene rings is 1. The van der Waals surface area contributed by atoms with E-state index in [2.05, 4.69) is 0 Å². The highest BCUT2D eigenvalue weighted by molar-refractivity contribution is 6.21. The maximum atomic E-state index is 14.1. The molecule has 1 atom stereocenters. The molecule has 106 valence electrons. The minimum absolute atomic E-state index is 0.292. The summed E-state index contributed by atoms with van der Waals surface area (Å²) in [6, 6.07) is 3.02. The van der Waals surface area contributed by atoms with Crippen LogP contribution in [-0.4, -0.2) is 14.2 Å². The van der Waals surface area contributed by atoms with Crippen molar-refractivity contribution in [1.82, 2.24) is 0 Å². The van der Waals surface area contributed by atoms with Gasteiger partial charge < -0.3 is 9.47 Å². The zero-order valence-corrected chi connectivity index (χ0v) is 12.2. The molecular weight excluding hydrogens is 267 g/mol. The second kappa shape index (κ2) is 6.47. The van der Waals surface area contributed by atoms with Gasteiger partial charge in [-0.3, -0.25) is 0 Å². The minimum atomic E-state index is -0.316. The second-order valence-corrected chi connectivity index (χ2v) is 5.50. The molecule has 19 heavy (non-hydrogen) atoms. The van der Waals surface area contributed by atoms with Gasteiger partial charge in [0.1, 0.15) is 5.82 Å². The molecular formula is C15H20ClFO2. The van der Waals surface area contributed by atoms with Crippen LogP contribution >= 0.6 is 11.6 Å². The lowest BCUT2D eigenvalue weighted by Gasteiger charge is -2.27. The van der Waals surface area contributed by atoms with E-state index in [0.717, 1.165) is 12.8 Å². The van der Waals surface area contributed by atoms with Gasteiger partial charge in [-0.25, -0.2) is 4.39 Å². The standard InChI is InChI=1S/C15H20ClFO2/c1-18-13-8-11(12(17)9-14(13)19-2)15(16)10-6-4-3-5-7-10/h8-10,15H,3-7H2,1-2H3. The quantitative estimate of drug-likeness (QED) is 0.747. The van der Waals surface area contributed by atoms with Crippen LogP contribution in [0.15, 0.2) is 12.1 Å². The molecule has 2 rings (SSSR count). The highest BCUT2D eigenvalue weighted by Gasteiger charge is 2.26. The van der Waals surface area contributed by atoms with Gasteiger partial charge in [0.25, 0.3) is 0 Å². The van der Waals surface area contributed by atoms with Gasteiger partial charge in [-0.1, -0.05) is 19.3 Å². The average Bonchev–Trinajstić information content (AvgIpc) is 2.47. The van der Waals surface area contributed by atoms with E-state index in [0.29, 0.717) is 23.0 Å². The Labute approximate surface area is 118 Å². The van der Waals surface area contributed by atoms with Crippen LogP contribution < -0.4 is 9.47 Å². The van der Waals surface area contributed by atoms with Gasteiger partial charge in [0.2, 0.25) is 0 Å². The van der Waals surface area contributed by atoms with Gasteiger partial charge in [0, 0.05) is 11.6 Å². The van der Waals surface area contributed by atoms with Gasteiger partial charge in [-0.05, 0) is 24.8 Å². The molecule has 0 aromatic heterocycles. The van der Waals surface area contributed by atoms with Gasteiger partial charge in [-0.15, -0.1) is 11.6 Å². The molecule has 1 saturated carbocycles. The zero-order chi connectivity index (χ0) is 13.8. The fourth-order valence-corrected chi connectivity index (χ4v) is 3.18. The molecule has 0 bridgehead atoms. The third-order valence-electron chi connectivity index (χ3n) is 3.86. The topological polar surface area (TPSA) is 18.5 Å². The Morgan fingerprint density at radius 1 is 1.11 bits per heavy atom. The SMILES string of the molecule is COc1cc(F)c(C(Cl)C2CCCCC2)cc1OC. The molecule has 1 aliphatic carbocycles. The summed E-state index contributed by atoms with van der Waals surface area (Å²) in [6.07, 6.45) is 5.77. The summed E-state index contributed by atoms with van der Waals surface area (Å²) in [6.45, 7) is 0. The van der Waals surface area contributed by atoms with Gasteiger partial charge in [-0.2, -0.15) is 0 Å². The van der Waals surface area contributed by atoms with Crippen LogP contribution in [0.4, 0.5) is 4.39 Å². The van der Waals surface area contributed by atoms with Crippen LogP contribution in [-0.2, 0) is 0 Å². The minimum Gasteiger partial charge on any atom is -0.493 e. The van der Waals surface area contributed by atoms with Crippen molar-refractivity contribution in [2.24, 2.45) is 5.92 Å². The molecule has 1 fully saturated rings. The van der Waals surface area contributed by atoms with E-state index in [9.17, 15) is 4.39 Å². The molecule has 0 heterocycles. The van der Waals surface area contributed by atoms with Crippen molar-refractivity contribution >= 4 is 11.6 Å². The first kappa shape index (κ1) is 14.4. The molecule has 1 aliphatic rings. The Bertz CT molecular complexity index is 430. The van der Waals surface area contributed by atoms with Crippen molar-refractivity contribution in [3.05, 3.63) is 23.5 Å². The monoisotopic (exact) mass is 286 g/mol. The number of rotatable bonds is 4. The van der Waals surface area contributed by atoms with E-state index in [1.165, 1.54) is 32.4 Å². The Morgan fingerprint density at radius 3 is 2.26 bits per heavy atom. The maximum absolute atomic E-state index is 14.1. The van der Waals surface area contributed by atoms with E-state index in [1.807, 2.05) is 0 Å². The molecule has 0 radical (unpaired) electrons. The fourth-order valence-electron chi connectivity index (χ4n) is 2.76. The Hall–Kier alpha value is -0.960. The largest absolute Gasteiger partial charge is 0.493 e. The van der Waals surface area contributed by atoms with Crippen molar-refractivity contribution in [2.75, 3.05) is 14.2 Å². The summed E-state index contributed by atoms with van der Waals surface area (Å²) < 4.78 is 24.4. The first-order chi connectivity index (χ1) is 9.17. The lowest BCUT2D eigenvalue weighted by Crippen LogP contribution is -2.13. The predicted molar refractivity (Wildman–Crippen MR) is 74.7 cm³/mol.